The Hall–Kier alpha value is -1.33. The number of aliphatic hydroxyl groups is 1. The van der Waals surface area contributed by atoms with Gasteiger partial charge in [-0.3, -0.25) is 0 Å². The summed E-state index contributed by atoms with van der Waals surface area (Å²) in [5.74, 6) is 1.21. The molecule has 0 fully saturated rings. The first kappa shape index (κ1) is 11.7. The number of hydrogen-bond acceptors (Lipinski definition) is 5. The first-order chi connectivity index (χ1) is 7.08. The number of aromatic nitrogens is 1. The van der Waals surface area contributed by atoms with Gasteiger partial charge in [0.25, 0.3) is 0 Å². The molecule has 3 N–H and O–H groups in total. The molecule has 0 aliphatic carbocycles. The van der Waals surface area contributed by atoms with Crippen molar-refractivity contribution in [3.8, 4) is 5.88 Å². The van der Waals surface area contributed by atoms with Gasteiger partial charge in [-0.1, -0.05) is 0 Å². The molecule has 1 aromatic heterocycles. The number of nitrogens with zero attached hydrogens (tertiary/aromatic N) is 2. The van der Waals surface area contributed by atoms with Crippen LogP contribution in [0.25, 0.3) is 0 Å². The second-order valence-corrected chi connectivity index (χ2v) is 3.45. The lowest BCUT2D eigenvalue weighted by Crippen LogP contribution is -2.15. The van der Waals surface area contributed by atoms with Gasteiger partial charge < -0.3 is 20.5 Å². The molecule has 0 bridgehead atoms. The van der Waals surface area contributed by atoms with Crippen LogP contribution in [0.3, 0.4) is 0 Å². The largest absolute Gasteiger partial charge is 0.481 e. The summed E-state index contributed by atoms with van der Waals surface area (Å²) in [6, 6.07) is 3.48. The number of nitrogens with two attached hydrogens (primary N) is 1. The monoisotopic (exact) mass is 211 g/mol. The van der Waals surface area contributed by atoms with Gasteiger partial charge in [0.05, 0.1) is 13.2 Å². The molecule has 1 atom stereocenters. The van der Waals surface area contributed by atoms with E-state index in [0.717, 1.165) is 5.82 Å². The first-order valence-electron chi connectivity index (χ1n) is 4.70. The van der Waals surface area contributed by atoms with Gasteiger partial charge in [0.2, 0.25) is 5.88 Å². The maximum absolute atomic E-state index is 9.63. The van der Waals surface area contributed by atoms with E-state index in [-0.39, 0.29) is 6.54 Å². The Labute approximate surface area is 89.5 Å². The summed E-state index contributed by atoms with van der Waals surface area (Å²) in [5.41, 5.74) is 6.11. The molecule has 0 aromatic carbocycles. The molecular weight excluding hydrogens is 194 g/mol. The lowest BCUT2D eigenvalue weighted by molar-refractivity contribution is 0.186. The molecule has 1 heterocycles. The third kappa shape index (κ3) is 2.81. The van der Waals surface area contributed by atoms with Crippen molar-refractivity contribution in [1.82, 2.24) is 4.98 Å². The van der Waals surface area contributed by atoms with Gasteiger partial charge in [-0.25, -0.2) is 0 Å². The fourth-order valence-electron chi connectivity index (χ4n) is 1.17. The minimum atomic E-state index is -0.680. The second-order valence-electron chi connectivity index (χ2n) is 3.45. The number of aliphatic hydroxyl groups excluding tert-OH is 1. The maximum Gasteiger partial charge on any atom is 0.215 e. The van der Waals surface area contributed by atoms with E-state index in [0.29, 0.717) is 11.4 Å². The van der Waals surface area contributed by atoms with E-state index in [1.807, 2.05) is 19.0 Å². The molecule has 0 saturated heterocycles. The lowest BCUT2D eigenvalue weighted by atomic mass is 10.1. The topological polar surface area (TPSA) is 71.6 Å². The highest BCUT2D eigenvalue weighted by Gasteiger charge is 2.10. The second kappa shape index (κ2) is 4.95. The summed E-state index contributed by atoms with van der Waals surface area (Å²) < 4.78 is 5.05. The summed E-state index contributed by atoms with van der Waals surface area (Å²) in [6.45, 7) is 0.181. The van der Waals surface area contributed by atoms with Crippen molar-refractivity contribution in [2.24, 2.45) is 5.73 Å². The molecule has 1 rings (SSSR count). The summed E-state index contributed by atoms with van der Waals surface area (Å²) in [6.07, 6.45) is -0.680. The van der Waals surface area contributed by atoms with E-state index in [1.165, 1.54) is 0 Å². The zero-order valence-corrected chi connectivity index (χ0v) is 9.27. The van der Waals surface area contributed by atoms with Crippen LogP contribution in [0.5, 0.6) is 5.88 Å². The van der Waals surface area contributed by atoms with E-state index in [1.54, 1.807) is 19.2 Å². The van der Waals surface area contributed by atoms with E-state index in [9.17, 15) is 5.11 Å². The molecular formula is C10H17N3O2. The molecule has 0 amide bonds. The zero-order valence-electron chi connectivity index (χ0n) is 9.27. The molecule has 1 unspecified atom stereocenters. The van der Waals surface area contributed by atoms with Crippen LogP contribution in [-0.4, -0.2) is 37.8 Å². The van der Waals surface area contributed by atoms with Crippen LogP contribution in [0.4, 0.5) is 5.82 Å². The lowest BCUT2D eigenvalue weighted by Gasteiger charge is -2.16. The normalized spacial score (nSPS) is 12.3. The van der Waals surface area contributed by atoms with Gasteiger partial charge in [0, 0.05) is 26.7 Å². The van der Waals surface area contributed by atoms with Crippen LogP contribution < -0.4 is 15.4 Å². The van der Waals surface area contributed by atoms with E-state index >= 15 is 0 Å². The van der Waals surface area contributed by atoms with Crippen molar-refractivity contribution in [2.45, 2.75) is 6.10 Å². The van der Waals surface area contributed by atoms with Crippen molar-refractivity contribution in [1.29, 1.82) is 0 Å². The van der Waals surface area contributed by atoms with Gasteiger partial charge in [-0.2, -0.15) is 4.98 Å². The molecule has 84 valence electrons. The van der Waals surface area contributed by atoms with Crippen LogP contribution >= 0.6 is 0 Å². The van der Waals surface area contributed by atoms with Crippen molar-refractivity contribution >= 4 is 5.82 Å². The summed E-state index contributed by atoms with van der Waals surface area (Å²) in [4.78, 5) is 6.06. The van der Waals surface area contributed by atoms with Crippen LogP contribution in [0.1, 0.15) is 11.7 Å². The zero-order chi connectivity index (χ0) is 11.4. The fraction of sp³-hybridized carbons (Fsp3) is 0.500. The third-order valence-electron chi connectivity index (χ3n) is 2.09. The molecule has 5 heteroatoms. The van der Waals surface area contributed by atoms with E-state index < -0.39 is 6.10 Å². The van der Waals surface area contributed by atoms with Gasteiger partial charge >= 0.3 is 0 Å². The standard InChI is InChI=1S/C10H17N3O2/c1-13(2)9-4-7(8(14)6-11)5-10(12-9)15-3/h4-5,8,14H,6,11H2,1-3H3. The van der Waals surface area contributed by atoms with Gasteiger partial charge in [0.1, 0.15) is 5.82 Å². The van der Waals surface area contributed by atoms with Gasteiger partial charge in [-0.05, 0) is 11.6 Å². The van der Waals surface area contributed by atoms with Gasteiger partial charge in [0.15, 0.2) is 0 Å². The number of pyridine rings is 1. The van der Waals surface area contributed by atoms with E-state index in [4.69, 9.17) is 10.5 Å². The molecule has 0 spiro atoms. The Morgan fingerprint density at radius 2 is 2.20 bits per heavy atom. The molecule has 0 aliphatic heterocycles. The van der Waals surface area contributed by atoms with Crippen LogP contribution in [0.15, 0.2) is 12.1 Å². The molecule has 0 radical (unpaired) electrons. The minimum Gasteiger partial charge on any atom is -0.481 e. The Balaban J connectivity index is 3.11. The van der Waals surface area contributed by atoms with Crippen molar-refractivity contribution in [3.05, 3.63) is 17.7 Å². The van der Waals surface area contributed by atoms with Crippen molar-refractivity contribution in [3.63, 3.8) is 0 Å². The van der Waals surface area contributed by atoms with Crippen LogP contribution in [0.2, 0.25) is 0 Å². The average molecular weight is 211 g/mol. The molecule has 0 aliphatic rings. The van der Waals surface area contributed by atoms with Crippen molar-refractivity contribution in [2.75, 3.05) is 32.6 Å². The minimum absolute atomic E-state index is 0.181. The smallest absolute Gasteiger partial charge is 0.215 e. The summed E-state index contributed by atoms with van der Waals surface area (Å²) in [5, 5.41) is 9.63. The Bertz CT molecular complexity index is 328. The summed E-state index contributed by atoms with van der Waals surface area (Å²) in [7, 11) is 5.29. The number of hydrogen-bond donors (Lipinski definition) is 2. The molecule has 15 heavy (non-hydrogen) atoms. The number of anilines is 1. The molecule has 1 aromatic rings. The summed E-state index contributed by atoms with van der Waals surface area (Å²) >= 11 is 0. The van der Waals surface area contributed by atoms with E-state index in [2.05, 4.69) is 4.98 Å². The first-order valence-corrected chi connectivity index (χ1v) is 4.70. The predicted molar refractivity (Wildman–Crippen MR) is 59.1 cm³/mol. The SMILES string of the molecule is COc1cc(C(O)CN)cc(N(C)C)n1. The number of ether oxygens (including phenoxy) is 1. The third-order valence-corrected chi connectivity index (χ3v) is 2.09. The highest BCUT2D eigenvalue weighted by Crippen LogP contribution is 2.22. The Morgan fingerprint density at radius 1 is 1.53 bits per heavy atom. The van der Waals surface area contributed by atoms with Crippen LogP contribution in [-0.2, 0) is 0 Å². The number of rotatable bonds is 4. The highest BCUT2D eigenvalue weighted by atomic mass is 16.5. The fourth-order valence-corrected chi connectivity index (χ4v) is 1.17. The van der Waals surface area contributed by atoms with Gasteiger partial charge in [-0.15, -0.1) is 0 Å². The maximum atomic E-state index is 9.63. The Morgan fingerprint density at radius 3 is 2.67 bits per heavy atom. The highest BCUT2D eigenvalue weighted by molar-refractivity contribution is 5.43. The van der Waals surface area contributed by atoms with Crippen molar-refractivity contribution < 1.29 is 9.84 Å². The molecule has 0 saturated carbocycles. The quantitative estimate of drug-likeness (QED) is 0.741. The Kier molecular flexibility index (Phi) is 3.88. The van der Waals surface area contributed by atoms with Crippen LogP contribution in [0, 0.1) is 0 Å². The molecule has 5 nitrogen and oxygen atoms in total. The average Bonchev–Trinajstić information content (AvgIpc) is 2.27. The predicted octanol–water partition coefficient (Wildman–Crippen LogP) is 0.148. The number of methoxy groups -OCH3 is 1.